The van der Waals surface area contributed by atoms with Gasteiger partial charge in [-0.1, -0.05) is 0 Å². The van der Waals surface area contributed by atoms with E-state index in [2.05, 4.69) is 4.98 Å². The summed E-state index contributed by atoms with van der Waals surface area (Å²) in [4.78, 5) is 13.9. The molecule has 72 valence electrons. The lowest BCUT2D eigenvalue weighted by molar-refractivity contribution is 0.409. The zero-order valence-electron chi connectivity index (χ0n) is 7.50. The van der Waals surface area contributed by atoms with E-state index >= 15 is 0 Å². The second-order valence-corrected chi connectivity index (χ2v) is 2.90. The van der Waals surface area contributed by atoms with E-state index in [1.165, 1.54) is 31.4 Å². The van der Waals surface area contributed by atoms with Gasteiger partial charge in [-0.2, -0.15) is 0 Å². The van der Waals surface area contributed by atoms with Crippen LogP contribution in [0.5, 0.6) is 5.75 Å². The molecule has 0 fully saturated rings. The Labute approximate surface area is 79.1 Å². The summed E-state index contributed by atoms with van der Waals surface area (Å²) >= 11 is 0. The summed E-state index contributed by atoms with van der Waals surface area (Å²) in [7, 11) is 1.40. The van der Waals surface area contributed by atoms with Gasteiger partial charge in [0, 0.05) is 10.9 Å². The van der Waals surface area contributed by atoms with Crippen molar-refractivity contribution in [3.05, 3.63) is 40.4 Å². The molecule has 3 nitrogen and oxygen atoms in total. The predicted molar refractivity (Wildman–Crippen MR) is 51.1 cm³/mol. The van der Waals surface area contributed by atoms with E-state index in [0.29, 0.717) is 10.9 Å². The van der Waals surface area contributed by atoms with Gasteiger partial charge >= 0.3 is 0 Å². The number of hydrogen-bond acceptors (Lipinski definition) is 2. The van der Waals surface area contributed by atoms with E-state index < -0.39 is 0 Å². The Hall–Kier alpha value is -1.84. The van der Waals surface area contributed by atoms with E-state index in [-0.39, 0.29) is 17.1 Å². The number of benzene rings is 1. The number of rotatable bonds is 1. The molecule has 1 aromatic heterocycles. The van der Waals surface area contributed by atoms with Crippen molar-refractivity contribution < 1.29 is 9.13 Å². The van der Waals surface area contributed by atoms with Crippen molar-refractivity contribution in [1.82, 2.24) is 4.98 Å². The Balaban J connectivity index is 2.80. The van der Waals surface area contributed by atoms with Gasteiger partial charge in [0.2, 0.25) is 0 Å². The van der Waals surface area contributed by atoms with Gasteiger partial charge in [0.05, 0.1) is 7.11 Å². The van der Waals surface area contributed by atoms with Gasteiger partial charge in [0.15, 0.2) is 5.75 Å². The van der Waals surface area contributed by atoms with Gasteiger partial charge in [0.1, 0.15) is 5.82 Å². The number of pyridine rings is 1. The van der Waals surface area contributed by atoms with E-state index in [9.17, 15) is 9.18 Å². The minimum absolute atomic E-state index is 0.183. The van der Waals surface area contributed by atoms with E-state index in [4.69, 9.17) is 4.74 Å². The van der Waals surface area contributed by atoms with Crippen molar-refractivity contribution in [3.63, 3.8) is 0 Å². The molecule has 0 radical (unpaired) electrons. The molecule has 1 N–H and O–H groups in total. The van der Waals surface area contributed by atoms with Gasteiger partial charge in [-0.15, -0.1) is 0 Å². The molecule has 0 amide bonds. The molecule has 0 saturated heterocycles. The fourth-order valence-corrected chi connectivity index (χ4v) is 1.31. The smallest absolute Gasteiger partial charge is 0.290 e. The van der Waals surface area contributed by atoms with Crippen LogP contribution in [0.1, 0.15) is 0 Å². The number of aromatic amines is 1. The number of methoxy groups -OCH3 is 1. The summed E-state index contributed by atoms with van der Waals surface area (Å²) in [6.45, 7) is 0. The third-order valence-electron chi connectivity index (χ3n) is 1.99. The topological polar surface area (TPSA) is 42.1 Å². The van der Waals surface area contributed by atoms with Crippen LogP contribution in [0.3, 0.4) is 0 Å². The fourth-order valence-electron chi connectivity index (χ4n) is 1.31. The average Bonchev–Trinajstić information content (AvgIpc) is 2.17. The Bertz CT molecular complexity index is 533. The molecular weight excluding hydrogens is 185 g/mol. The number of nitrogens with one attached hydrogen (secondary N) is 1. The number of halogens is 1. The van der Waals surface area contributed by atoms with Crippen LogP contribution in [0.15, 0.2) is 29.1 Å². The van der Waals surface area contributed by atoms with Gasteiger partial charge in [-0.3, -0.25) is 4.79 Å². The number of hydrogen-bond donors (Lipinski definition) is 1. The van der Waals surface area contributed by atoms with Crippen molar-refractivity contribution in [3.8, 4) is 5.75 Å². The summed E-state index contributed by atoms with van der Waals surface area (Å²) in [5, 5.41) is 0.612. The van der Waals surface area contributed by atoms with Crippen molar-refractivity contribution in [2.45, 2.75) is 0 Å². The number of fused-ring (bicyclic) bond motifs is 1. The van der Waals surface area contributed by atoms with Crippen LogP contribution in [0, 0.1) is 5.82 Å². The molecule has 0 saturated carbocycles. The van der Waals surface area contributed by atoms with Crippen LogP contribution in [0.25, 0.3) is 10.9 Å². The van der Waals surface area contributed by atoms with Crippen molar-refractivity contribution >= 4 is 10.9 Å². The maximum atomic E-state index is 12.8. The molecule has 2 rings (SSSR count). The average molecular weight is 193 g/mol. The number of H-pyrrole nitrogens is 1. The highest BCUT2D eigenvalue weighted by atomic mass is 19.1. The summed E-state index contributed by atoms with van der Waals surface area (Å²) in [5.74, 6) is -0.158. The summed E-state index contributed by atoms with van der Waals surface area (Å²) in [6, 6.07) is 5.67. The lowest BCUT2D eigenvalue weighted by Gasteiger charge is -2.01. The maximum absolute atomic E-state index is 12.8. The molecule has 14 heavy (non-hydrogen) atoms. The predicted octanol–water partition coefficient (Wildman–Crippen LogP) is 1.68. The van der Waals surface area contributed by atoms with Crippen molar-refractivity contribution in [2.24, 2.45) is 0 Å². The van der Waals surface area contributed by atoms with E-state index in [1.807, 2.05) is 0 Å². The minimum Gasteiger partial charge on any atom is -0.491 e. The SMILES string of the molecule is COc1cc2cc(F)ccc2[nH]c1=O. The molecule has 0 atom stereocenters. The van der Waals surface area contributed by atoms with Gasteiger partial charge in [-0.05, 0) is 24.3 Å². The number of ether oxygens (including phenoxy) is 1. The first-order valence-electron chi connectivity index (χ1n) is 4.07. The molecule has 0 aliphatic carbocycles. The molecule has 0 aliphatic heterocycles. The van der Waals surface area contributed by atoms with Crippen LogP contribution in [0.4, 0.5) is 4.39 Å². The van der Waals surface area contributed by atoms with E-state index in [0.717, 1.165) is 0 Å². The second-order valence-electron chi connectivity index (χ2n) is 2.90. The molecule has 0 aliphatic rings. The monoisotopic (exact) mass is 193 g/mol. The van der Waals surface area contributed by atoms with Crippen LogP contribution in [0.2, 0.25) is 0 Å². The molecule has 1 heterocycles. The Kier molecular flexibility index (Phi) is 1.96. The van der Waals surface area contributed by atoms with Gasteiger partial charge in [-0.25, -0.2) is 4.39 Å². The third kappa shape index (κ3) is 1.35. The quantitative estimate of drug-likeness (QED) is 0.748. The molecule has 0 bridgehead atoms. The Morgan fingerprint density at radius 2 is 2.14 bits per heavy atom. The lowest BCUT2D eigenvalue weighted by atomic mass is 10.2. The van der Waals surface area contributed by atoms with Crippen molar-refractivity contribution in [2.75, 3.05) is 7.11 Å². The molecule has 0 unspecified atom stereocenters. The zero-order valence-corrected chi connectivity index (χ0v) is 7.50. The molecular formula is C10H8FNO2. The van der Waals surface area contributed by atoms with Crippen LogP contribution in [-0.4, -0.2) is 12.1 Å². The first-order chi connectivity index (χ1) is 6.70. The van der Waals surface area contributed by atoms with Crippen LogP contribution < -0.4 is 10.3 Å². The highest BCUT2D eigenvalue weighted by Crippen LogP contribution is 2.15. The highest BCUT2D eigenvalue weighted by molar-refractivity contribution is 5.79. The summed E-state index contributed by atoms with van der Waals surface area (Å²) in [6.07, 6.45) is 0. The van der Waals surface area contributed by atoms with Crippen LogP contribution >= 0.6 is 0 Å². The summed E-state index contributed by atoms with van der Waals surface area (Å²) in [5.41, 5.74) is 0.281. The maximum Gasteiger partial charge on any atom is 0.290 e. The van der Waals surface area contributed by atoms with Crippen LogP contribution in [-0.2, 0) is 0 Å². The summed E-state index contributed by atoms with van der Waals surface area (Å²) < 4.78 is 17.7. The largest absolute Gasteiger partial charge is 0.491 e. The standard InChI is InChI=1S/C10H8FNO2/c1-14-9-5-6-4-7(11)2-3-8(6)12-10(9)13/h2-5H,1H3,(H,12,13). The van der Waals surface area contributed by atoms with Crippen molar-refractivity contribution in [1.29, 1.82) is 0 Å². The fraction of sp³-hybridized carbons (Fsp3) is 0.100. The Morgan fingerprint density at radius 1 is 1.36 bits per heavy atom. The molecule has 2 aromatic rings. The highest BCUT2D eigenvalue weighted by Gasteiger charge is 2.02. The number of aromatic nitrogens is 1. The first kappa shape index (κ1) is 8.74. The molecule has 4 heteroatoms. The molecule has 1 aromatic carbocycles. The zero-order chi connectivity index (χ0) is 10.1. The first-order valence-corrected chi connectivity index (χ1v) is 4.07. The Morgan fingerprint density at radius 3 is 2.86 bits per heavy atom. The minimum atomic E-state index is -0.341. The van der Waals surface area contributed by atoms with Gasteiger partial charge in [0.25, 0.3) is 5.56 Å². The van der Waals surface area contributed by atoms with E-state index in [1.54, 1.807) is 0 Å². The third-order valence-corrected chi connectivity index (χ3v) is 1.99. The van der Waals surface area contributed by atoms with Gasteiger partial charge < -0.3 is 9.72 Å². The molecule has 0 spiro atoms. The lowest BCUT2D eigenvalue weighted by Crippen LogP contribution is -2.08. The second kappa shape index (κ2) is 3.14. The normalized spacial score (nSPS) is 10.4.